The number of carbonyl (C=O) groups excluding carboxylic acids is 2. The first-order valence-corrected chi connectivity index (χ1v) is 6.36. The van der Waals surface area contributed by atoms with E-state index in [0.29, 0.717) is 24.9 Å². The maximum atomic E-state index is 11.6. The van der Waals surface area contributed by atoms with Crippen molar-refractivity contribution in [2.75, 3.05) is 6.54 Å². The van der Waals surface area contributed by atoms with Crippen molar-refractivity contribution in [3.05, 3.63) is 30.1 Å². The van der Waals surface area contributed by atoms with Crippen LogP contribution in [0.3, 0.4) is 0 Å². The number of hydrogen-bond donors (Lipinski definition) is 1. The summed E-state index contributed by atoms with van der Waals surface area (Å²) >= 11 is 0. The number of pyridine rings is 1. The summed E-state index contributed by atoms with van der Waals surface area (Å²) in [4.78, 5) is 27.1. The molecule has 0 aliphatic carbocycles. The monoisotopic (exact) mass is 248 g/mol. The molecule has 1 N–H and O–H groups in total. The molecule has 0 bridgehead atoms. The van der Waals surface area contributed by atoms with E-state index in [0.717, 1.165) is 6.42 Å². The predicted octanol–water partition coefficient (Wildman–Crippen LogP) is 2.21. The van der Waals surface area contributed by atoms with Crippen LogP contribution in [0.1, 0.15) is 43.5 Å². The first-order chi connectivity index (χ1) is 8.65. The van der Waals surface area contributed by atoms with Crippen LogP contribution in [-0.2, 0) is 4.79 Å². The first-order valence-electron chi connectivity index (χ1n) is 6.36. The molecule has 1 unspecified atom stereocenters. The zero-order valence-electron chi connectivity index (χ0n) is 11.0. The Morgan fingerprint density at radius 3 is 2.83 bits per heavy atom. The fourth-order valence-electron chi connectivity index (χ4n) is 1.54. The molecule has 4 nitrogen and oxygen atoms in total. The zero-order chi connectivity index (χ0) is 13.4. The number of ketones is 1. The standard InChI is InChI=1S/C14H20N2O2/c1-3-11(2)13(17)7-5-9-16-14(18)12-6-4-8-15-10-12/h4,6,8,10-11H,3,5,7,9H2,1-2H3,(H,16,18). The van der Waals surface area contributed by atoms with Gasteiger partial charge in [0.1, 0.15) is 5.78 Å². The number of nitrogens with zero attached hydrogens (tertiary/aromatic N) is 1. The highest BCUT2D eigenvalue weighted by Gasteiger charge is 2.10. The van der Waals surface area contributed by atoms with E-state index in [4.69, 9.17) is 0 Å². The lowest BCUT2D eigenvalue weighted by molar-refractivity contribution is -0.122. The summed E-state index contributed by atoms with van der Waals surface area (Å²) in [5.74, 6) is 0.256. The van der Waals surface area contributed by atoms with Crippen LogP contribution in [0.25, 0.3) is 0 Å². The van der Waals surface area contributed by atoms with Gasteiger partial charge in [-0.15, -0.1) is 0 Å². The van der Waals surface area contributed by atoms with E-state index in [1.54, 1.807) is 18.3 Å². The molecule has 0 fully saturated rings. The lowest BCUT2D eigenvalue weighted by atomic mass is 10.00. The van der Waals surface area contributed by atoms with Gasteiger partial charge in [0.05, 0.1) is 5.56 Å². The molecule has 18 heavy (non-hydrogen) atoms. The lowest BCUT2D eigenvalue weighted by Gasteiger charge is -2.07. The Labute approximate surface area is 108 Å². The molecule has 4 heteroatoms. The van der Waals surface area contributed by atoms with Crippen LogP contribution in [-0.4, -0.2) is 23.2 Å². The highest BCUT2D eigenvalue weighted by molar-refractivity contribution is 5.93. The molecule has 1 rings (SSSR count). The Balaban J connectivity index is 2.23. The van der Waals surface area contributed by atoms with E-state index in [1.165, 1.54) is 6.20 Å². The Bertz CT molecular complexity index is 390. The second kappa shape index (κ2) is 7.58. The van der Waals surface area contributed by atoms with Crippen molar-refractivity contribution < 1.29 is 9.59 Å². The van der Waals surface area contributed by atoms with Gasteiger partial charge in [-0.2, -0.15) is 0 Å². The maximum Gasteiger partial charge on any atom is 0.252 e. The molecule has 1 heterocycles. The summed E-state index contributed by atoms with van der Waals surface area (Å²) < 4.78 is 0. The number of carbonyl (C=O) groups is 2. The molecule has 0 aromatic carbocycles. The number of aromatic nitrogens is 1. The molecular weight excluding hydrogens is 228 g/mol. The number of hydrogen-bond acceptors (Lipinski definition) is 3. The second-order valence-corrected chi connectivity index (χ2v) is 4.38. The average Bonchev–Trinajstić information content (AvgIpc) is 2.43. The van der Waals surface area contributed by atoms with Gasteiger partial charge in [-0.05, 0) is 25.0 Å². The first kappa shape index (κ1) is 14.4. The fourth-order valence-corrected chi connectivity index (χ4v) is 1.54. The predicted molar refractivity (Wildman–Crippen MR) is 70.3 cm³/mol. The van der Waals surface area contributed by atoms with Crippen LogP contribution in [0, 0.1) is 5.92 Å². The van der Waals surface area contributed by atoms with Crippen LogP contribution in [0.5, 0.6) is 0 Å². The fraction of sp³-hybridized carbons (Fsp3) is 0.500. The maximum absolute atomic E-state index is 11.6. The van der Waals surface area contributed by atoms with Gasteiger partial charge in [-0.25, -0.2) is 0 Å². The van der Waals surface area contributed by atoms with E-state index in [2.05, 4.69) is 10.3 Å². The van der Waals surface area contributed by atoms with E-state index in [-0.39, 0.29) is 17.6 Å². The smallest absolute Gasteiger partial charge is 0.252 e. The number of nitrogens with one attached hydrogen (secondary N) is 1. The van der Waals surface area contributed by atoms with Crippen molar-refractivity contribution in [1.82, 2.24) is 10.3 Å². The molecule has 0 saturated carbocycles. The third-order valence-corrected chi connectivity index (χ3v) is 2.97. The van der Waals surface area contributed by atoms with Gasteiger partial charge in [0, 0.05) is 31.3 Å². The molecule has 1 aromatic rings. The van der Waals surface area contributed by atoms with Crippen molar-refractivity contribution in [3.63, 3.8) is 0 Å². The quantitative estimate of drug-likeness (QED) is 0.753. The number of rotatable bonds is 7. The van der Waals surface area contributed by atoms with E-state index >= 15 is 0 Å². The molecule has 0 aliphatic rings. The Morgan fingerprint density at radius 2 is 2.22 bits per heavy atom. The lowest BCUT2D eigenvalue weighted by Crippen LogP contribution is -2.25. The SMILES string of the molecule is CCC(C)C(=O)CCCNC(=O)c1cccnc1. The van der Waals surface area contributed by atoms with Crippen molar-refractivity contribution in [1.29, 1.82) is 0 Å². The van der Waals surface area contributed by atoms with Gasteiger partial charge in [0.2, 0.25) is 0 Å². The van der Waals surface area contributed by atoms with Gasteiger partial charge in [0.25, 0.3) is 5.91 Å². The Kier molecular flexibility index (Phi) is 6.05. The number of Topliss-reactive ketones (excluding diaryl/α,β-unsaturated/α-hetero) is 1. The molecule has 0 saturated heterocycles. The highest BCUT2D eigenvalue weighted by Crippen LogP contribution is 2.06. The normalized spacial score (nSPS) is 11.9. The van der Waals surface area contributed by atoms with Crippen molar-refractivity contribution in [3.8, 4) is 0 Å². The summed E-state index contributed by atoms with van der Waals surface area (Å²) in [6.45, 7) is 4.47. The zero-order valence-corrected chi connectivity index (χ0v) is 11.0. The summed E-state index contributed by atoms with van der Waals surface area (Å²) in [7, 11) is 0. The Hall–Kier alpha value is -1.71. The largest absolute Gasteiger partial charge is 0.352 e. The third-order valence-electron chi connectivity index (χ3n) is 2.97. The van der Waals surface area contributed by atoms with Gasteiger partial charge in [-0.1, -0.05) is 13.8 Å². The molecule has 0 aliphatic heterocycles. The van der Waals surface area contributed by atoms with Crippen LogP contribution < -0.4 is 5.32 Å². The molecular formula is C14H20N2O2. The minimum absolute atomic E-state index is 0.124. The van der Waals surface area contributed by atoms with Crippen molar-refractivity contribution in [2.45, 2.75) is 33.1 Å². The Morgan fingerprint density at radius 1 is 1.44 bits per heavy atom. The molecule has 98 valence electrons. The van der Waals surface area contributed by atoms with E-state index < -0.39 is 0 Å². The summed E-state index contributed by atoms with van der Waals surface area (Å²) in [5.41, 5.74) is 0.547. The van der Waals surface area contributed by atoms with Crippen LogP contribution in [0.4, 0.5) is 0 Å². The number of amides is 1. The molecule has 0 radical (unpaired) electrons. The molecule has 1 aromatic heterocycles. The summed E-state index contributed by atoms with van der Waals surface area (Å²) in [6, 6.07) is 3.44. The molecule has 0 spiro atoms. The molecule has 1 amide bonds. The minimum atomic E-state index is -0.140. The molecule has 1 atom stereocenters. The van der Waals surface area contributed by atoms with Crippen LogP contribution in [0.15, 0.2) is 24.5 Å². The van der Waals surface area contributed by atoms with Gasteiger partial charge in [0.15, 0.2) is 0 Å². The minimum Gasteiger partial charge on any atom is -0.352 e. The van der Waals surface area contributed by atoms with Crippen LogP contribution in [0.2, 0.25) is 0 Å². The topological polar surface area (TPSA) is 59.1 Å². The van der Waals surface area contributed by atoms with E-state index in [1.807, 2.05) is 13.8 Å². The highest BCUT2D eigenvalue weighted by atomic mass is 16.1. The summed E-state index contributed by atoms with van der Waals surface area (Å²) in [6.07, 6.45) is 5.25. The van der Waals surface area contributed by atoms with E-state index in [9.17, 15) is 9.59 Å². The average molecular weight is 248 g/mol. The third kappa shape index (κ3) is 4.65. The second-order valence-electron chi connectivity index (χ2n) is 4.38. The van der Waals surface area contributed by atoms with Crippen molar-refractivity contribution >= 4 is 11.7 Å². The van der Waals surface area contributed by atoms with Gasteiger partial charge < -0.3 is 5.32 Å². The summed E-state index contributed by atoms with van der Waals surface area (Å²) in [5, 5.41) is 2.78. The van der Waals surface area contributed by atoms with Gasteiger partial charge >= 0.3 is 0 Å². The van der Waals surface area contributed by atoms with Crippen molar-refractivity contribution in [2.24, 2.45) is 5.92 Å². The van der Waals surface area contributed by atoms with Crippen LogP contribution >= 0.6 is 0 Å². The van der Waals surface area contributed by atoms with Gasteiger partial charge in [-0.3, -0.25) is 14.6 Å².